The van der Waals surface area contributed by atoms with Gasteiger partial charge in [0, 0.05) is 31.1 Å². The molecular weight excluding hydrogens is 417 g/mol. The molecular formula is C20H14FN9O2. The van der Waals surface area contributed by atoms with Crippen molar-refractivity contribution in [2.24, 2.45) is 0 Å². The zero-order chi connectivity index (χ0) is 21.7. The number of carbonyl (C=O) groups is 1. The Hall–Kier alpha value is -4.48. The third kappa shape index (κ3) is 2.84. The number of aromatic nitrogens is 8. The highest BCUT2D eigenvalue weighted by molar-refractivity contribution is 5.90. The van der Waals surface area contributed by atoms with Gasteiger partial charge in [-0.2, -0.15) is 9.49 Å². The Kier molecular flexibility index (Phi) is 4.03. The SMILES string of the molecule is O=C(c1nnc(-c2cnccn2)o1)N1CCc2[nH]cnc2[C@@H]1c1cc2cccc(F)n2n1. The van der Waals surface area contributed by atoms with Crippen molar-refractivity contribution >= 4 is 11.4 Å². The number of hydrogen-bond acceptors (Lipinski definition) is 8. The van der Waals surface area contributed by atoms with Crippen molar-refractivity contribution in [2.45, 2.75) is 12.5 Å². The quantitative estimate of drug-likeness (QED) is 0.428. The van der Waals surface area contributed by atoms with Gasteiger partial charge in [0.1, 0.15) is 11.7 Å². The molecule has 1 atom stereocenters. The van der Waals surface area contributed by atoms with Gasteiger partial charge in [0.2, 0.25) is 5.95 Å². The van der Waals surface area contributed by atoms with Crippen LogP contribution in [0.3, 0.4) is 0 Å². The molecule has 6 rings (SSSR count). The summed E-state index contributed by atoms with van der Waals surface area (Å²) in [5, 5.41) is 12.2. The monoisotopic (exact) mass is 431 g/mol. The highest BCUT2D eigenvalue weighted by atomic mass is 19.1. The average Bonchev–Trinajstić information content (AvgIpc) is 3.58. The minimum Gasteiger partial charge on any atom is -0.411 e. The molecule has 0 radical (unpaired) electrons. The first-order valence-corrected chi connectivity index (χ1v) is 9.76. The van der Waals surface area contributed by atoms with Crippen molar-refractivity contribution in [3.63, 3.8) is 0 Å². The Morgan fingerprint density at radius 3 is 3.00 bits per heavy atom. The average molecular weight is 431 g/mol. The van der Waals surface area contributed by atoms with Crippen LogP contribution in [0.15, 0.2) is 53.6 Å². The number of fused-ring (bicyclic) bond motifs is 2. The van der Waals surface area contributed by atoms with Crippen LogP contribution in [0.2, 0.25) is 0 Å². The second-order valence-electron chi connectivity index (χ2n) is 7.17. The minimum absolute atomic E-state index is 0.0882. The lowest BCUT2D eigenvalue weighted by Gasteiger charge is -2.32. The van der Waals surface area contributed by atoms with Crippen LogP contribution in [0.5, 0.6) is 0 Å². The largest absolute Gasteiger partial charge is 0.411 e. The van der Waals surface area contributed by atoms with Crippen LogP contribution < -0.4 is 0 Å². The van der Waals surface area contributed by atoms with Gasteiger partial charge in [0.25, 0.3) is 5.89 Å². The maximum absolute atomic E-state index is 14.2. The van der Waals surface area contributed by atoms with Crippen LogP contribution in [0.1, 0.15) is 33.8 Å². The number of pyridine rings is 1. The summed E-state index contributed by atoms with van der Waals surface area (Å²) in [6.07, 6.45) is 6.60. The van der Waals surface area contributed by atoms with Gasteiger partial charge in [-0.15, -0.1) is 10.2 Å². The van der Waals surface area contributed by atoms with E-state index in [9.17, 15) is 9.18 Å². The van der Waals surface area contributed by atoms with Crippen molar-refractivity contribution in [1.29, 1.82) is 0 Å². The van der Waals surface area contributed by atoms with E-state index in [2.05, 4.69) is 35.2 Å². The molecule has 1 N–H and O–H groups in total. The number of rotatable bonds is 3. The van der Waals surface area contributed by atoms with E-state index in [-0.39, 0.29) is 11.8 Å². The van der Waals surface area contributed by atoms with E-state index in [4.69, 9.17) is 4.42 Å². The highest BCUT2D eigenvalue weighted by Crippen LogP contribution is 2.34. The molecule has 6 heterocycles. The van der Waals surface area contributed by atoms with Crippen molar-refractivity contribution in [3.05, 3.63) is 78.1 Å². The van der Waals surface area contributed by atoms with E-state index in [0.717, 1.165) is 5.69 Å². The molecule has 0 bridgehead atoms. The Labute approximate surface area is 179 Å². The first-order chi connectivity index (χ1) is 15.7. The highest BCUT2D eigenvalue weighted by Gasteiger charge is 2.38. The summed E-state index contributed by atoms with van der Waals surface area (Å²) in [6.45, 7) is 0.359. The molecule has 0 spiro atoms. The van der Waals surface area contributed by atoms with Crippen molar-refractivity contribution < 1.29 is 13.6 Å². The number of nitrogens with one attached hydrogen (secondary N) is 1. The van der Waals surface area contributed by atoms with Gasteiger partial charge in [0.15, 0.2) is 0 Å². The Morgan fingerprint density at radius 2 is 2.16 bits per heavy atom. The fourth-order valence-electron chi connectivity index (χ4n) is 3.88. The molecule has 1 amide bonds. The van der Waals surface area contributed by atoms with Crippen LogP contribution in [-0.4, -0.2) is 57.1 Å². The fourth-order valence-corrected chi connectivity index (χ4v) is 3.88. The molecule has 5 aromatic rings. The molecule has 0 aromatic carbocycles. The summed E-state index contributed by atoms with van der Waals surface area (Å²) < 4.78 is 21.0. The number of amides is 1. The lowest BCUT2D eigenvalue weighted by atomic mass is 9.99. The molecule has 0 saturated carbocycles. The molecule has 1 aliphatic rings. The zero-order valence-corrected chi connectivity index (χ0v) is 16.4. The van der Waals surface area contributed by atoms with E-state index in [1.807, 2.05) is 0 Å². The third-order valence-electron chi connectivity index (χ3n) is 5.32. The number of nitrogens with zero attached hydrogens (tertiary/aromatic N) is 8. The van der Waals surface area contributed by atoms with E-state index in [0.29, 0.717) is 35.6 Å². The van der Waals surface area contributed by atoms with Crippen LogP contribution in [-0.2, 0) is 6.42 Å². The van der Waals surface area contributed by atoms with Gasteiger partial charge in [-0.05, 0) is 18.2 Å². The van der Waals surface area contributed by atoms with E-state index in [1.54, 1.807) is 29.4 Å². The van der Waals surface area contributed by atoms with Crippen molar-refractivity contribution in [1.82, 2.24) is 44.6 Å². The minimum atomic E-state index is -0.649. The zero-order valence-electron chi connectivity index (χ0n) is 16.4. The van der Waals surface area contributed by atoms with E-state index < -0.39 is 17.9 Å². The van der Waals surface area contributed by atoms with Crippen molar-refractivity contribution in [2.75, 3.05) is 6.54 Å². The van der Waals surface area contributed by atoms with E-state index in [1.165, 1.54) is 29.2 Å². The summed E-state index contributed by atoms with van der Waals surface area (Å²) in [6, 6.07) is 5.75. The van der Waals surface area contributed by atoms with Gasteiger partial charge < -0.3 is 14.3 Å². The normalized spacial score (nSPS) is 15.8. The molecule has 12 heteroatoms. The number of carbonyl (C=O) groups excluding carboxylic acids is 1. The standard InChI is InChI=1S/C20H14FN9O2/c21-15-3-1-2-11-8-13(28-30(11)15)17-16-12(24-10-25-16)4-7-29(17)20(31)19-27-26-18(32-19)14-9-22-5-6-23-14/h1-3,5-6,8-10,17H,4,7H2,(H,24,25)/t17-/m0/s1. The summed E-state index contributed by atoms with van der Waals surface area (Å²) in [4.78, 5) is 30.5. The molecule has 5 aromatic heterocycles. The lowest BCUT2D eigenvalue weighted by Crippen LogP contribution is -2.41. The Morgan fingerprint density at radius 1 is 1.22 bits per heavy atom. The first kappa shape index (κ1) is 18.3. The Balaban J connectivity index is 1.41. The van der Waals surface area contributed by atoms with Crippen LogP contribution in [0, 0.1) is 5.95 Å². The summed E-state index contributed by atoms with van der Waals surface area (Å²) in [5.74, 6) is -1.09. The molecule has 32 heavy (non-hydrogen) atoms. The molecule has 11 nitrogen and oxygen atoms in total. The fraction of sp³-hybridized carbons (Fsp3) is 0.150. The van der Waals surface area contributed by atoms with Crippen LogP contribution in [0.25, 0.3) is 17.1 Å². The molecule has 0 unspecified atom stereocenters. The van der Waals surface area contributed by atoms with Gasteiger partial charge in [-0.25, -0.2) is 14.5 Å². The van der Waals surface area contributed by atoms with Gasteiger partial charge in [-0.1, -0.05) is 6.07 Å². The number of aromatic amines is 1. The second-order valence-corrected chi connectivity index (χ2v) is 7.17. The number of imidazole rings is 1. The van der Waals surface area contributed by atoms with Crippen LogP contribution >= 0.6 is 0 Å². The van der Waals surface area contributed by atoms with E-state index >= 15 is 0 Å². The molecule has 0 fully saturated rings. The van der Waals surface area contributed by atoms with Crippen molar-refractivity contribution in [3.8, 4) is 11.6 Å². The molecule has 0 saturated heterocycles. The molecule has 158 valence electrons. The second kappa shape index (κ2) is 7.04. The predicted octanol–water partition coefficient (Wildman–Crippen LogP) is 1.82. The summed E-state index contributed by atoms with van der Waals surface area (Å²) in [5.41, 5.74) is 2.94. The molecule has 0 aliphatic carbocycles. The number of H-pyrrole nitrogens is 1. The van der Waals surface area contributed by atoms with Gasteiger partial charge >= 0.3 is 11.8 Å². The van der Waals surface area contributed by atoms with Crippen LogP contribution in [0.4, 0.5) is 4.39 Å². The van der Waals surface area contributed by atoms with Gasteiger partial charge in [0.05, 0.1) is 29.4 Å². The maximum Gasteiger partial charge on any atom is 0.312 e. The lowest BCUT2D eigenvalue weighted by molar-refractivity contribution is 0.0646. The van der Waals surface area contributed by atoms with Gasteiger partial charge in [-0.3, -0.25) is 9.78 Å². The summed E-state index contributed by atoms with van der Waals surface area (Å²) in [7, 11) is 0. The smallest absolute Gasteiger partial charge is 0.312 e. The number of halogens is 1. The maximum atomic E-state index is 14.2. The third-order valence-corrected chi connectivity index (χ3v) is 5.32. The predicted molar refractivity (Wildman–Crippen MR) is 106 cm³/mol. The number of hydrogen-bond donors (Lipinski definition) is 1. The topological polar surface area (TPSA) is 131 Å². The first-order valence-electron chi connectivity index (χ1n) is 9.76. The Bertz CT molecular complexity index is 1440. The summed E-state index contributed by atoms with van der Waals surface area (Å²) >= 11 is 0. The molecule has 1 aliphatic heterocycles.